The molecule has 3 aromatic carbocycles. The molecule has 0 N–H and O–H groups in total. The number of carbonyl (C=O) groups excluding carboxylic acids is 1. The third-order valence-electron chi connectivity index (χ3n) is 5.90. The van der Waals surface area contributed by atoms with Gasteiger partial charge >= 0.3 is 0 Å². The lowest BCUT2D eigenvalue weighted by Gasteiger charge is -2.40. The molecule has 0 amide bonds. The Morgan fingerprint density at radius 3 is 2.07 bits per heavy atom. The van der Waals surface area contributed by atoms with Gasteiger partial charge in [-0.3, -0.25) is 9.80 Å². The third kappa shape index (κ3) is 3.86. The lowest BCUT2D eigenvalue weighted by atomic mass is 9.98. The molecule has 1 aliphatic rings. The van der Waals surface area contributed by atoms with Crippen LogP contribution in [0.5, 0.6) is 0 Å². The van der Waals surface area contributed by atoms with E-state index in [0.29, 0.717) is 6.42 Å². The van der Waals surface area contributed by atoms with Gasteiger partial charge in [0.2, 0.25) is 0 Å². The molecule has 4 rings (SSSR count). The van der Waals surface area contributed by atoms with Crippen LogP contribution in [0.1, 0.15) is 30.0 Å². The highest BCUT2D eigenvalue weighted by atomic mass is 16.1. The van der Waals surface area contributed by atoms with Crippen LogP contribution in [-0.2, 0) is 16.9 Å². The Labute approximate surface area is 178 Å². The van der Waals surface area contributed by atoms with Gasteiger partial charge in [0.15, 0.2) is 17.3 Å². The summed E-state index contributed by atoms with van der Waals surface area (Å²) in [5, 5.41) is 6.86. The van der Waals surface area contributed by atoms with Crippen molar-refractivity contribution in [2.45, 2.75) is 25.4 Å². The molecule has 0 saturated heterocycles. The predicted molar refractivity (Wildman–Crippen MR) is 121 cm³/mol. The van der Waals surface area contributed by atoms with Gasteiger partial charge in [0.05, 0.1) is 6.54 Å². The Morgan fingerprint density at radius 2 is 1.43 bits per heavy atom. The summed E-state index contributed by atoms with van der Waals surface area (Å²) in [5.74, 6) is 1.06. The van der Waals surface area contributed by atoms with Gasteiger partial charge in [-0.1, -0.05) is 91.0 Å². The van der Waals surface area contributed by atoms with E-state index in [1.54, 1.807) is 0 Å². The SMILES string of the molecule is CN1C(c2ccccc2)=NN(CC(=O)CCc2ccccc2)[C@@]1(C)c1ccccc1. The van der Waals surface area contributed by atoms with Crippen LogP contribution < -0.4 is 0 Å². The first-order chi connectivity index (χ1) is 14.6. The molecule has 0 spiro atoms. The van der Waals surface area contributed by atoms with Crippen molar-refractivity contribution in [3.63, 3.8) is 0 Å². The Morgan fingerprint density at radius 1 is 0.867 bits per heavy atom. The van der Waals surface area contributed by atoms with Crippen molar-refractivity contribution in [2.24, 2.45) is 5.10 Å². The van der Waals surface area contributed by atoms with Gasteiger partial charge in [-0.15, -0.1) is 0 Å². The summed E-state index contributed by atoms with van der Waals surface area (Å²) < 4.78 is 0. The Bertz CT molecular complexity index is 1020. The molecule has 0 aliphatic carbocycles. The minimum absolute atomic E-state index is 0.187. The van der Waals surface area contributed by atoms with Crippen molar-refractivity contribution in [1.82, 2.24) is 9.91 Å². The Kier molecular flexibility index (Phi) is 5.66. The summed E-state index contributed by atoms with van der Waals surface area (Å²) in [7, 11) is 2.05. The van der Waals surface area contributed by atoms with E-state index < -0.39 is 5.66 Å². The van der Waals surface area contributed by atoms with Crippen molar-refractivity contribution in [1.29, 1.82) is 0 Å². The smallest absolute Gasteiger partial charge is 0.157 e. The van der Waals surface area contributed by atoms with Gasteiger partial charge in [-0.2, -0.15) is 5.10 Å². The maximum atomic E-state index is 12.9. The molecule has 0 saturated carbocycles. The zero-order valence-electron chi connectivity index (χ0n) is 17.5. The average Bonchev–Trinajstić information content (AvgIpc) is 3.05. The fourth-order valence-electron chi connectivity index (χ4n) is 3.96. The van der Waals surface area contributed by atoms with Gasteiger partial charge in [0.1, 0.15) is 0 Å². The molecule has 0 bridgehead atoms. The van der Waals surface area contributed by atoms with E-state index in [4.69, 9.17) is 5.10 Å². The normalized spacial score (nSPS) is 18.4. The number of amidine groups is 1. The van der Waals surface area contributed by atoms with Gasteiger partial charge < -0.3 is 4.90 Å². The molecule has 0 aromatic heterocycles. The highest BCUT2D eigenvalue weighted by Gasteiger charge is 2.45. The number of carbonyl (C=O) groups is 1. The standard InChI is InChI=1S/C26H27N3O/c1-26(23-16-10-5-11-17-23)28(2)25(22-14-8-4-9-15-22)27-29(26)20-24(30)19-18-21-12-6-3-7-13-21/h3-17H,18-20H2,1-2H3/t26-/m0/s1. The number of ketones is 1. The van der Waals surface area contributed by atoms with Crippen molar-refractivity contribution in [3.8, 4) is 0 Å². The molecule has 0 fully saturated rings. The van der Waals surface area contributed by atoms with Crippen LogP contribution in [0.15, 0.2) is 96.1 Å². The maximum Gasteiger partial charge on any atom is 0.157 e. The van der Waals surface area contributed by atoms with Crippen LogP contribution in [0.2, 0.25) is 0 Å². The number of Topliss-reactive ketones (excluding diaryl/α,β-unsaturated/α-hetero) is 1. The van der Waals surface area contributed by atoms with E-state index in [-0.39, 0.29) is 12.3 Å². The summed E-state index contributed by atoms with van der Waals surface area (Å²) >= 11 is 0. The van der Waals surface area contributed by atoms with Crippen LogP contribution >= 0.6 is 0 Å². The van der Waals surface area contributed by atoms with Crippen molar-refractivity contribution in [3.05, 3.63) is 108 Å². The molecule has 0 unspecified atom stereocenters. The van der Waals surface area contributed by atoms with E-state index in [1.807, 2.05) is 66.7 Å². The van der Waals surface area contributed by atoms with Gasteiger partial charge in [0, 0.05) is 19.0 Å². The molecule has 1 atom stereocenters. The number of rotatable bonds is 7. The number of hydrogen-bond donors (Lipinski definition) is 0. The third-order valence-corrected chi connectivity index (χ3v) is 5.90. The minimum atomic E-state index is -0.533. The summed E-state index contributed by atoms with van der Waals surface area (Å²) in [4.78, 5) is 15.1. The summed E-state index contributed by atoms with van der Waals surface area (Å²) in [6.07, 6.45) is 1.26. The molecule has 3 aromatic rings. The van der Waals surface area contributed by atoms with E-state index in [9.17, 15) is 4.79 Å². The Hall–Kier alpha value is -3.40. The van der Waals surface area contributed by atoms with Gasteiger partial charge in [-0.25, -0.2) is 0 Å². The highest BCUT2D eigenvalue weighted by molar-refractivity contribution is 6.00. The molecule has 152 valence electrons. The van der Waals surface area contributed by atoms with Crippen LogP contribution in [0.4, 0.5) is 0 Å². The number of hydrazone groups is 1. The van der Waals surface area contributed by atoms with Crippen LogP contribution in [-0.4, -0.2) is 35.1 Å². The van der Waals surface area contributed by atoms with Crippen LogP contribution in [0.25, 0.3) is 0 Å². The van der Waals surface area contributed by atoms with E-state index in [1.165, 1.54) is 5.56 Å². The topological polar surface area (TPSA) is 35.9 Å². The molecule has 4 heteroatoms. The summed E-state index contributed by atoms with van der Waals surface area (Å²) in [6, 6.07) is 30.6. The number of aryl methyl sites for hydroxylation is 1. The van der Waals surface area contributed by atoms with Crippen molar-refractivity contribution in [2.75, 3.05) is 13.6 Å². The molecule has 4 nitrogen and oxygen atoms in total. The maximum absolute atomic E-state index is 12.9. The molecule has 30 heavy (non-hydrogen) atoms. The zero-order chi connectivity index (χ0) is 21.0. The molecular weight excluding hydrogens is 370 g/mol. The minimum Gasteiger partial charge on any atom is -0.330 e. The predicted octanol–water partition coefficient (Wildman–Crippen LogP) is 4.67. The lowest BCUT2D eigenvalue weighted by Crippen LogP contribution is -2.50. The second-order valence-corrected chi connectivity index (χ2v) is 7.82. The molecular formula is C26H27N3O. The average molecular weight is 398 g/mol. The number of benzene rings is 3. The van der Waals surface area contributed by atoms with Gasteiger partial charge in [-0.05, 0) is 24.5 Å². The van der Waals surface area contributed by atoms with Gasteiger partial charge in [0.25, 0.3) is 0 Å². The first-order valence-electron chi connectivity index (χ1n) is 10.4. The second kappa shape index (κ2) is 8.54. The van der Waals surface area contributed by atoms with Crippen LogP contribution in [0.3, 0.4) is 0 Å². The molecule has 1 heterocycles. The fourth-order valence-corrected chi connectivity index (χ4v) is 3.96. The summed E-state index contributed by atoms with van der Waals surface area (Å²) in [6.45, 7) is 2.41. The molecule has 0 radical (unpaired) electrons. The van der Waals surface area contributed by atoms with E-state index in [2.05, 4.69) is 48.2 Å². The van der Waals surface area contributed by atoms with Crippen LogP contribution in [0, 0.1) is 0 Å². The fraction of sp³-hybridized carbons (Fsp3) is 0.231. The number of hydrogen-bond acceptors (Lipinski definition) is 4. The lowest BCUT2D eigenvalue weighted by molar-refractivity contribution is -0.122. The Balaban J connectivity index is 1.60. The first-order valence-corrected chi connectivity index (χ1v) is 10.4. The first kappa shape index (κ1) is 19.9. The second-order valence-electron chi connectivity index (χ2n) is 7.82. The van der Waals surface area contributed by atoms with E-state index in [0.717, 1.165) is 23.4 Å². The quantitative estimate of drug-likeness (QED) is 0.581. The zero-order valence-corrected chi connectivity index (χ0v) is 17.5. The monoisotopic (exact) mass is 397 g/mol. The number of nitrogens with zero attached hydrogens (tertiary/aromatic N) is 3. The summed E-state index contributed by atoms with van der Waals surface area (Å²) in [5.41, 5.74) is 2.80. The highest BCUT2D eigenvalue weighted by Crippen LogP contribution is 2.37. The largest absolute Gasteiger partial charge is 0.330 e. The molecule has 1 aliphatic heterocycles. The van der Waals surface area contributed by atoms with E-state index >= 15 is 0 Å². The van der Waals surface area contributed by atoms with Crippen molar-refractivity contribution >= 4 is 11.6 Å². The van der Waals surface area contributed by atoms with Crippen molar-refractivity contribution < 1.29 is 4.79 Å².